The lowest BCUT2D eigenvalue weighted by molar-refractivity contribution is -0.170. The van der Waals surface area contributed by atoms with Gasteiger partial charge in [-0.25, -0.2) is 4.79 Å². The number of carbonyl (C=O) groups excluding carboxylic acids is 3. The van der Waals surface area contributed by atoms with Gasteiger partial charge in [-0.2, -0.15) is 0 Å². The van der Waals surface area contributed by atoms with Gasteiger partial charge in [0.05, 0.1) is 12.8 Å². The van der Waals surface area contributed by atoms with Crippen molar-refractivity contribution in [2.75, 3.05) is 13.2 Å². The summed E-state index contributed by atoms with van der Waals surface area (Å²) in [6, 6.07) is 0. The van der Waals surface area contributed by atoms with Gasteiger partial charge in [0, 0.05) is 19.3 Å². The zero-order valence-electron chi connectivity index (χ0n) is 48.5. The number of rotatable bonds is 55. The van der Waals surface area contributed by atoms with E-state index in [0.29, 0.717) is 19.3 Å². The van der Waals surface area contributed by atoms with E-state index in [1.165, 1.54) is 173 Å². The quantitative estimate of drug-likeness (QED) is 0.0193. The second kappa shape index (κ2) is 57.2. The number of esters is 3. The molecule has 0 rings (SSSR count). The molecule has 0 atom stereocenters. The van der Waals surface area contributed by atoms with Gasteiger partial charge in [-0.05, 0) is 96.3 Å². The van der Waals surface area contributed by atoms with Crippen molar-refractivity contribution in [3.8, 4) is 0 Å². The maximum Gasteiger partial charge on any atom is 0.336 e. The van der Waals surface area contributed by atoms with Gasteiger partial charge in [-0.15, -0.1) is 0 Å². The number of aliphatic hydroxyl groups is 1. The minimum Gasteiger partial charge on any atom is -0.481 e. The number of carbonyl (C=O) groups is 6. The van der Waals surface area contributed by atoms with Gasteiger partial charge in [0.2, 0.25) is 0 Å². The van der Waals surface area contributed by atoms with Gasteiger partial charge in [0.15, 0.2) is 11.7 Å². The SMILES string of the molecule is CCCCCCCC/C=C\CCCCCCCC(=O)OCC(COC(=O)CCCCCCC/C=C\CCCCCCCC)OC(=O)CCCCCCC/C=C\CCCCCCCC.O=C(O)CC(O)(CC(=O)O)C(=O)O. The van der Waals surface area contributed by atoms with Crippen LogP contribution in [0.2, 0.25) is 0 Å². The van der Waals surface area contributed by atoms with E-state index in [0.717, 1.165) is 77.0 Å². The van der Waals surface area contributed by atoms with Crippen LogP contribution in [0.4, 0.5) is 0 Å². The first-order valence-corrected chi connectivity index (χ1v) is 30.7. The molecule has 0 spiro atoms. The van der Waals surface area contributed by atoms with Crippen molar-refractivity contribution in [1.29, 1.82) is 0 Å². The molecule has 13 nitrogen and oxygen atoms in total. The average molecular weight is 1080 g/mol. The van der Waals surface area contributed by atoms with Crippen LogP contribution >= 0.6 is 0 Å². The third kappa shape index (κ3) is 56.2. The maximum absolute atomic E-state index is 12.8. The molecule has 0 amide bonds. The van der Waals surface area contributed by atoms with Crippen LogP contribution in [0.3, 0.4) is 0 Å². The molecule has 0 aliphatic heterocycles. The van der Waals surface area contributed by atoms with E-state index in [1.807, 2.05) is 0 Å². The van der Waals surface area contributed by atoms with Gasteiger partial charge in [-0.1, -0.05) is 211 Å². The molecule has 76 heavy (non-hydrogen) atoms. The van der Waals surface area contributed by atoms with Crippen molar-refractivity contribution in [3.05, 3.63) is 36.5 Å². The molecule has 442 valence electrons. The number of ether oxygens (including phenoxy) is 3. The van der Waals surface area contributed by atoms with Crippen molar-refractivity contribution in [1.82, 2.24) is 0 Å². The molecule has 0 saturated heterocycles. The monoisotopic (exact) mass is 1080 g/mol. The van der Waals surface area contributed by atoms with E-state index in [9.17, 15) is 28.8 Å². The number of allylic oxidation sites excluding steroid dienone is 6. The van der Waals surface area contributed by atoms with Crippen molar-refractivity contribution in [2.24, 2.45) is 0 Å². The molecule has 0 fully saturated rings. The smallest absolute Gasteiger partial charge is 0.336 e. The van der Waals surface area contributed by atoms with Crippen molar-refractivity contribution in [3.63, 3.8) is 0 Å². The van der Waals surface area contributed by atoms with Crippen molar-refractivity contribution in [2.45, 2.75) is 315 Å². The van der Waals surface area contributed by atoms with Gasteiger partial charge >= 0.3 is 35.8 Å². The Balaban J connectivity index is 0. The number of aliphatic carboxylic acids is 3. The van der Waals surface area contributed by atoms with Crippen LogP contribution in [0.15, 0.2) is 36.5 Å². The van der Waals surface area contributed by atoms with E-state index >= 15 is 0 Å². The number of hydrogen-bond donors (Lipinski definition) is 4. The largest absolute Gasteiger partial charge is 0.481 e. The molecule has 4 N–H and O–H groups in total. The van der Waals surface area contributed by atoms with Crippen LogP contribution in [0.1, 0.15) is 303 Å². The third-order valence-electron chi connectivity index (χ3n) is 13.4. The fourth-order valence-corrected chi connectivity index (χ4v) is 8.61. The predicted octanol–water partition coefficient (Wildman–Crippen LogP) is 16.8. The number of hydrogen-bond acceptors (Lipinski definition) is 10. The summed E-state index contributed by atoms with van der Waals surface area (Å²) in [5, 5.41) is 33.8. The standard InChI is InChI=1S/C57H104O6.C6H8O7/c1-4-7-10-13-16-19-22-25-28-31-34-37-40-43-46-49-55(58)61-52-54(63-57(60)51-48-45-42-39-36-33-30-27-24-21-18-15-12-9-6-3)53-62-56(59)50-47-44-41-38-35-32-29-26-23-20-17-14-11-8-5-2;7-3(8)1-6(13,5(11)12)2-4(9)10/h25-30,54H,4-24,31-53H2,1-3H3;13H,1-2H2,(H,7,8)(H,9,10)(H,11,12)/b28-25-,29-26-,30-27-;. The Labute approximate surface area is 462 Å². The molecule has 0 aromatic rings. The normalized spacial score (nSPS) is 11.6. The second-order valence-corrected chi connectivity index (χ2v) is 21.0. The zero-order chi connectivity index (χ0) is 56.4. The molecule has 0 bridgehead atoms. The lowest BCUT2D eigenvalue weighted by atomic mass is 9.96. The second-order valence-electron chi connectivity index (χ2n) is 21.0. The highest BCUT2D eigenvalue weighted by molar-refractivity contribution is 5.88. The Kier molecular flexibility index (Phi) is 55.7. The lowest BCUT2D eigenvalue weighted by Gasteiger charge is -2.18. The topological polar surface area (TPSA) is 211 Å². The molecule has 0 aliphatic rings. The summed E-state index contributed by atoms with van der Waals surface area (Å²) in [5.74, 6) is -5.91. The summed E-state index contributed by atoms with van der Waals surface area (Å²) in [6.45, 7) is 6.63. The van der Waals surface area contributed by atoms with E-state index < -0.39 is 42.5 Å². The molecule has 0 heterocycles. The van der Waals surface area contributed by atoms with Crippen molar-refractivity contribution < 1.29 is 63.4 Å². The molecule has 0 unspecified atom stereocenters. The highest BCUT2D eigenvalue weighted by atomic mass is 16.6. The van der Waals surface area contributed by atoms with Crippen LogP contribution in [0.25, 0.3) is 0 Å². The fraction of sp³-hybridized carbons (Fsp3) is 0.810. The third-order valence-corrected chi connectivity index (χ3v) is 13.4. The maximum atomic E-state index is 12.8. The van der Waals surface area contributed by atoms with E-state index in [4.69, 9.17) is 34.6 Å². The molecule has 0 aliphatic carbocycles. The molecule has 0 aromatic carbocycles. The minimum atomic E-state index is -2.74. The lowest BCUT2D eigenvalue weighted by Crippen LogP contribution is -2.42. The first kappa shape index (κ1) is 74.1. The first-order chi connectivity index (χ1) is 36.8. The fourth-order valence-electron chi connectivity index (χ4n) is 8.61. The summed E-state index contributed by atoms with van der Waals surface area (Å²) < 4.78 is 16.8. The number of carboxylic acids is 3. The molecule has 0 aromatic heterocycles. The zero-order valence-corrected chi connectivity index (χ0v) is 48.5. The van der Waals surface area contributed by atoms with E-state index in [1.54, 1.807) is 0 Å². The van der Waals surface area contributed by atoms with Crippen LogP contribution in [0.5, 0.6) is 0 Å². The summed E-state index contributed by atoms with van der Waals surface area (Å²) >= 11 is 0. The van der Waals surface area contributed by atoms with Crippen molar-refractivity contribution >= 4 is 35.8 Å². The van der Waals surface area contributed by atoms with Crippen LogP contribution in [0, 0.1) is 0 Å². The Morgan fingerprint density at radius 1 is 0.355 bits per heavy atom. The summed E-state index contributed by atoms with van der Waals surface area (Å²) in [5.41, 5.74) is -2.74. The Morgan fingerprint density at radius 2 is 0.592 bits per heavy atom. The molecule has 0 saturated carbocycles. The Hall–Kier alpha value is -4.00. The number of unbranched alkanes of at least 4 members (excludes halogenated alkanes) is 33. The Morgan fingerprint density at radius 3 is 0.842 bits per heavy atom. The first-order valence-electron chi connectivity index (χ1n) is 30.7. The summed E-state index contributed by atoms with van der Waals surface area (Å²) in [7, 11) is 0. The van der Waals surface area contributed by atoms with Gasteiger partial charge in [-0.3, -0.25) is 24.0 Å². The Bertz CT molecular complexity index is 1420. The van der Waals surface area contributed by atoms with Crippen LogP contribution in [-0.4, -0.2) is 81.2 Å². The average Bonchev–Trinajstić information content (AvgIpc) is 3.37. The highest BCUT2D eigenvalue weighted by Gasteiger charge is 2.40. The molecular formula is C63H112O13. The summed E-state index contributed by atoms with van der Waals surface area (Å²) in [6.07, 6.45) is 58.9. The van der Waals surface area contributed by atoms with Gasteiger partial charge in [0.1, 0.15) is 13.2 Å². The van der Waals surface area contributed by atoms with Gasteiger partial charge in [0.25, 0.3) is 0 Å². The predicted molar refractivity (Wildman–Crippen MR) is 307 cm³/mol. The van der Waals surface area contributed by atoms with Crippen LogP contribution in [-0.2, 0) is 43.0 Å². The van der Waals surface area contributed by atoms with Gasteiger partial charge < -0.3 is 34.6 Å². The van der Waals surface area contributed by atoms with E-state index in [-0.39, 0.29) is 31.1 Å². The van der Waals surface area contributed by atoms with E-state index in [2.05, 4.69) is 57.2 Å². The minimum absolute atomic E-state index is 0.0806. The summed E-state index contributed by atoms with van der Waals surface area (Å²) in [4.78, 5) is 68.5. The highest BCUT2D eigenvalue weighted by Crippen LogP contribution is 2.17. The molecule has 0 radical (unpaired) electrons. The van der Waals surface area contributed by atoms with Crippen LogP contribution < -0.4 is 0 Å². The molecule has 13 heteroatoms. The molecular weight excluding hydrogens is 965 g/mol. The number of carboxylic acid groups (broad SMARTS) is 3.